The highest BCUT2D eigenvalue weighted by Crippen LogP contribution is 2.28. The van der Waals surface area contributed by atoms with Crippen LogP contribution in [0.2, 0.25) is 0 Å². The standard InChI is InChI=1S/C20H27BrN4O2/c1-27-18-5-3-16(4-6-18)23-20(26)24-10-8-17(9-11-24)25-19-7-2-15(21)12-14(19)13-22-25/h2,7,12-13,16-18H,3-6,8-11H2,1H3,(H,23,26). The number of likely N-dealkylation sites (tertiary alicyclic amines) is 1. The Morgan fingerprint density at radius 1 is 1.19 bits per heavy atom. The summed E-state index contributed by atoms with van der Waals surface area (Å²) in [5.74, 6) is 0. The normalized spacial score (nSPS) is 24.3. The Hall–Kier alpha value is -1.60. The van der Waals surface area contributed by atoms with Gasteiger partial charge in [0, 0.05) is 36.1 Å². The minimum atomic E-state index is 0.0866. The molecule has 1 aromatic heterocycles. The van der Waals surface area contributed by atoms with Crippen molar-refractivity contribution in [1.29, 1.82) is 0 Å². The molecule has 0 spiro atoms. The molecule has 1 aliphatic heterocycles. The van der Waals surface area contributed by atoms with Crippen LogP contribution in [0.5, 0.6) is 0 Å². The maximum absolute atomic E-state index is 12.6. The number of nitrogens with one attached hydrogen (secondary N) is 1. The summed E-state index contributed by atoms with van der Waals surface area (Å²) in [6, 6.07) is 6.99. The quantitative estimate of drug-likeness (QED) is 0.790. The molecule has 2 aromatic rings. The van der Waals surface area contributed by atoms with Crippen molar-refractivity contribution in [2.45, 2.75) is 56.7 Å². The van der Waals surface area contributed by atoms with E-state index < -0.39 is 0 Å². The lowest BCUT2D eigenvalue weighted by atomic mass is 9.93. The van der Waals surface area contributed by atoms with Gasteiger partial charge >= 0.3 is 6.03 Å². The van der Waals surface area contributed by atoms with Crippen molar-refractivity contribution in [3.05, 3.63) is 28.9 Å². The van der Waals surface area contributed by atoms with Crippen molar-refractivity contribution >= 4 is 32.9 Å². The zero-order chi connectivity index (χ0) is 18.8. The molecule has 1 aliphatic carbocycles. The predicted octanol–water partition coefficient (Wildman–Crippen LogP) is 4.10. The Bertz CT molecular complexity index is 792. The Morgan fingerprint density at radius 3 is 2.63 bits per heavy atom. The highest BCUT2D eigenvalue weighted by Gasteiger charge is 2.28. The van der Waals surface area contributed by atoms with E-state index in [-0.39, 0.29) is 12.1 Å². The maximum Gasteiger partial charge on any atom is 0.317 e. The van der Waals surface area contributed by atoms with E-state index in [0.717, 1.165) is 67.0 Å². The fourth-order valence-corrected chi connectivity index (χ4v) is 4.72. The molecule has 2 aliphatic rings. The Kier molecular flexibility index (Phi) is 5.68. The van der Waals surface area contributed by atoms with E-state index in [1.807, 2.05) is 11.1 Å². The van der Waals surface area contributed by atoms with Crippen molar-refractivity contribution in [2.75, 3.05) is 20.2 Å². The number of piperidine rings is 1. The van der Waals surface area contributed by atoms with Gasteiger partial charge in [-0.15, -0.1) is 0 Å². The highest BCUT2D eigenvalue weighted by molar-refractivity contribution is 9.10. The first-order chi connectivity index (χ1) is 13.1. The second-order valence-electron chi connectivity index (χ2n) is 7.67. The molecule has 1 aromatic carbocycles. The third kappa shape index (κ3) is 4.14. The third-order valence-corrected chi connectivity index (χ3v) is 6.48. The smallest absolute Gasteiger partial charge is 0.317 e. The SMILES string of the molecule is COC1CCC(NC(=O)N2CCC(n3ncc4cc(Br)ccc43)CC2)CC1. The second kappa shape index (κ2) is 8.19. The summed E-state index contributed by atoms with van der Waals surface area (Å²) in [4.78, 5) is 14.6. The first kappa shape index (κ1) is 18.7. The van der Waals surface area contributed by atoms with Crippen molar-refractivity contribution in [2.24, 2.45) is 0 Å². The number of fused-ring (bicyclic) bond motifs is 1. The van der Waals surface area contributed by atoms with Gasteiger partial charge in [-0.25, -0.2) is 4.79 Å². The molecular formula is C20H27BrN4O2. The van der Waals surface area contributed by atoms with Crippen LogP contribution < -0.4 is 5.32 Å². The topological polar surface area (TPSA) is 59.4 Å². The fraction of sp³-hybridized carbons (Fsp3) is 0.600. The van der Waals surface area contributed by atoms with E-state index >= 15 is 0 Å². The molecule has 0 atom stereocenters. The number of halogens is 1. The summed E-state index contributed by atoms with van der Waals surface area (Å²) in [7, 11) is 1.77. The van der Waals surface area contributed by atoms with Gasteiger partial charge in [-0.3, -0.25) is 4.68 Å². The van der Waals surface area contributed by atoms with Gasteiger partial charge in [0.1, 0.15) is 0 Å². The first-order valence-corrected chi connectivity index (χ1v) is 10.6. The van der Waals surface area contributed by atoms with Crippen LogP contribution in [0, 0.1) is 0 Å². The lowest BCUT2D eigenvalue weighted by Gasteiger charge is -2.35. The van der Waals surface area contributed by atoms with Gasteiger partial charge in [0.05, 0.1) is 23.9 Å². The van der Waals surface area contributed by atoms with Crippen LogP contribution in [0.3, 0.4) is 0 Å². The first-order valence-electron chi connectivity index (χ1n) is 9.85. The molecule has 1 saturated carbocycles. The number of carbonyl (C=O) groups is 1. The molecule has 2 fully saturated rings. The average Bonchev–Trinajstić information content (AvgIpc) is 3.11. The molecule has 2 heterocycles. The Balaban J connectivity index is 1.31. The monoisotopic (exact) mass is 434 g/mol. The van der Waals surface area contributed by atoms with Gasteiger partial charge in [-0.2, -0.15) is 5.10 Å². The van der Waals surface area contributed by atoms with E-state index in [2.05, 4.69) is 49.2 Å². The number of aromatic nitrogens is 2. The van der Waals surface area contributed by atoms with Gasteiger partial charge in [-0.05, 0) is 56.7 Å². The van der Waals surface area contributed by atoms with Crippen LogP contribution in [0.25, 0.3) is 10.9 Å². The zero-order valence-corrected chi connectivity index (χ0v) is 17.3. The summed E-state index contributed by atoms with van der Waals surface area (Å²) in [6.45, 7) is 1.56. The van der Waals surface area contributed by atoms with Crippen LogP contribution in [0.4, 0.5) is 4.79 Å². The molecule has 146 valence electrons. The van der Waals surface area contributed by atoms with Crippen molar-refractivity contribution in [3.8, 4) is 0 Å². The van der Waals surface area contributed by atoms with E-state index in [9.17, 15) is 4.79 Å². The minimum Gasteiger partial charge on any atom is -0.381 e. The number of methoxy groups -OCH3 is 1. The number of nitrogens with zero attached hydrogens (tertiary/aromatic N) is 3. The molecule has 27 heavy (non-hydrogen) atoms. The van der Waals surface area contributed by atoms with E-state index in [0.29, 0.717) is 12.1 Å². The number of carbonyl (C=O) groups excluding carboxylic acids is 1. The molecule has 6 nitrogen and oxygen atoms in total. The summed E-state index contributed by atoms with van der Waals surface area (Å²) >= 11 is 3.51. The number of hydrogen-bond donors (Lipinski definition) is 1. The summed E-state index contributed by atoms with van der Waals surface area (Å²) in [5.41, 5.74) is 1.16. The molecule has 2 amide bonds. The zero-order valence-electron chi connectivity index (χ0n) is 15.7. The van der Waals surface area contributed by atoms with Gasteiger partial charge in [0.2, 0.25) is 0 Å². The van der Waals surface area contributed by atoms with E-state index in [1.165, 1.54) is 0 Å². The number of amides is 2. The summed E-state index contributed by atoms with van der Waals surface area (Å²) < 4.78 is 8.61. The maximum atomic E-state index is 12.6. The second-order valence-corrected chi connectivity index (χ2v) is 8.58. The van der Waals surface area contributed by atoms with Crippen molar-refractivity contribution in [3.63, 3.8) is 0 Å². The van der Waals surface area contributed by atoms with Crippen LogP contribution in [-0.2, 0) is 4.74 Å². The van der Waals surface area contributed by atoms with Crippen LogP contribution in [-0.4, -0.2) is 53.1 Å². The lowest BCUT2D eigenvalue weighted by Crippen LogP contribution is -2.49. The number of rotatable bonds is 3. The highest BCUT2D eigenvalue weighted by atomic mass is 79.9. The molecule has 4 rings (SSSR count). The fourth-order valence-electron chi connectivity index (χ4n) is 4.34. The van der Waals surface area contributed by atoms with Crippen molar-refractivity contribution in [1.82, 2.24) is 20.0 Å². The predicted molar refractivity (Wildman–Crippen MR) is 109 cm³/mol. The van der Waals surface area contributed by atoms with Crippen molar-refractivity contribution < 1.29 is 9.53 Å². The molecule has 0 radical (unpaired) electrons. The van der Waals surface area contributed by atoms with Gasteiger partial charge in [0.15, 0.2) is 0 Å². The van der Waals surface area contributed by atoms with Gasteiger partial charge in [-0.1, -0.05) is 15.9 Å². The van der Waals surface area contributed by atoms with Crippen LogP contribution in [0.15, 0.2) is 28.9 Å². The lowest BCUT2D eigenvalue weighted by molar-refractivity contribution is 0.0624. The average molecular weight is 435 g/mol. The summed E-state index contributed by atoms with van der Waals surface area (Å²) in [5, 5.41) is 8.98. The molecular weight excluding hydrogens is 408 g/mol. The number of urea groups is 1. The molecule has 1 saturated heterocycles. The molecule has 1 N–H and O–H groups in total. The minimum absolute atomic E-state index is 0.0866. The molecule has 7 heteroatoms. The van der Waals surface area contributed by atoms with E-state index in [4.69, 9.17) is 4.74 Å². The molecule has 0 unspecified atom stereocenters. The Labute approximate surface area is 168 Å². The number of ether oxygens (including phenoxy) is 1. The largest absolute Gasteiger partial charge is 0.381 e. The van der Waals surface area contributed by atoms with Gasteiger partial charge in [0.25, 0.3) is 0 Å². The van der Waals surface area contributed by atoms with Crippen LogP contribution >= 0.6 is 15.9 Å². The molecule has 0 bridgehead atoms. The van der Waals surface area contributed by atoms with Crippen LogP contribution in [0.1, 0.15) is 44.6 Å². The third-order valence-electron chi connectivity index (χ3n) is 5.99. The summed E-state index contributed by atoms with van der Waals surface area (Å²) in [6.07, 6.45) is 8.25. The number of hydrogen-bond acceptors (Lipinski definition) is 3. The van der Waals surface area contributed by atoms with Gasteiger partial charge < -0.3 is 15.0 Å². The van der Waals surface area contributed by atoms with E-state index in [1.54, 1.807) is 7.11 Å². The number of benzene rings is 1. The Morgan fingerprint density at radius 2 is 1.93 bits per heavy atom.